The van der Waals surface area contributed by atoms with Crippen LogP contribution in [0.5, 0.6) is 0 Å². The minimum absolute atomic E-state index is 0.166. The molecule has 0 saturated heterocycles. The molecule has 3 nitrogen and oxygen atoms in total. The van der Waals surface area contributed by atoms with E-state index in [-0.39, 0.29) is 10.7 Å². The summed E-state index contributed by atoms with van der Waals surface area (Å²) in [4.78, 5) is 0.269. The minimum Gasteiger partial charge on any atom is -0.327 e. The highest BCUT2D eigenvalue weighted by Crippen LogP contribution is 2.14. The van der Waals surface area contributed by atoms with Gasteiger partial charge >= 0.3 is 0 Å². The lowest BCUT2D eigenvalue weighted by Crippen LogP contribution is -2.08. The summed E-state index contributed by atoms with van der Waals surface area (Å²) in [6, 6.07) is 0. The largest absolute Gasteiger partial charge is 0.327 e. The number of allylic oxidation sites excluding steroid dienone is 5. The Morgan fingerprint density at radius 3 is 2.50 bits per heavy atom. The van der Waals surface area contributed by atoms with Crippen molar-refractivity contribution in [3.8, 4) is 0 Å². The van der Waals surface area contributed by atoms with Crippen LogP contribution in [0.2, 0.25) is 0 Å². The molecule has 0 aliphatic rings. The van der Waals surface area contributed by atoms with E-state index in [0.717, 1.165) is 12.0 Å². The Hall–Kier alpha value is -1.13. The molecule has 0 heterocycles. The van der Waals surface area contributed by atoms with Crippen LogP contribution < -0.4 is 5.73 Å². The molecule has 18 heavy (non-hydrogen) atoms. The fourth-order valence-corrected chi connectivity index (χ4v) is 2.80. The van der Waals surface area contributed by atoms with E-state index in [1.54, 1.807) is 18.2 Å². The van der Waals surface area contributed by atoms with Crippen molar-refractivity contribution in [2.45, 2.75) is 26.7 Å². The third kappa shape index (κ3) is 5.98. The molecule has 0 aromatic rings. The van der Waals surface area contributed by atoms with Crippen molar-refractivity contribution in [2.75, 3.05) is 12.3 Å². The summed E-state index contributed by atoms with van der Waals surface area (Å²) in [6.45, 7) is 7.83. The predicted molar refractivity (Wildman–Crippen MR) is 78.9 cm³/mol. The van der Waals surface area contributed by atoms with Gasteiger partial charge in [-0.15, -0.1) is 0 Å². The summed E-state index contributed by atoms with van der Waals surface area (Å²) in [5, 5.41) is 0. The van der Waals surface area contributed by atoms with E-state index in [1.807, 2.05) is 19.9 Å². The second-order valence-corrected chi connectivity index (χ2v) is 5.96. The van der Waals surface area contributed by atoms with Gasteiger partial charge in [-0.3, -0.25) is 0 Å². The fourth-order valence-electron chi connectivity index (χ4n) is 1.32. The van der Waals surface area contributed by atoms with Gasteiger partial charge < -0.3 is 5.73 Å². The molecule has 0 saturated carbocycles. The molecule has 0 bridgehead atoms. The summed E-state index contributed by atoms with van der Waals surface area (Å²) < 4.78 is 24.1. The predicted octanol–water partition coefficient (Wildman–Crippen LogP) is 2.73. The van der Waals surface area contributed by atoms with E-state index in [1.165, 1.54) is 6.08 Å². The second kappa shape index (κ2) is 8.89. The average Bonchev–Trinajstić information content (AvgIpc) is 2.36. The molecule has 0 aromatic carbocycles. The van der Waals surface area contributed by atoms with Crippen molar-refractivity contribution < 1.29 is 8.42 Å². The standard InChI is InChI=1S/C14H23NO2S/c1-4-7-11-18(16,17)14(6-3)12-13(5-2)9-8-10-15/h5-6,8-9,12H,3-4,7,10-11,15H2,1-2H3. The highest BCUT2D eigenvalue weighted by molar-refractivity contribution is 7.95. The number of sulfone groups is 1. The zero-order chi connectivity index (χ0) is 14.0. The lowest BCUT2D eigenvalue weighted by atomic mass is 10.2. The van der Waals surface area contributed by atoms with Gasteiger partial charge in [0.2, 0.25) is 0 Å². The topological polar surface area (TPSA) is 60.2 Å². The van der Waals surface area contributed by atoms with E-state index in [0.29, 0.717) is 13.0 Å². The molecule has 2 N–H and O–H groups in total. The normalized spacial score (nSPS) is 14.2. The first-order valence-electron chi connectivity index (χ1n) is 6.11. The molecule has 0 atom stereocenters. The molecule has 4 heteroatoms. The summed E-state index contributed by atoms with van der Waals surface area (Å²) >= 11 is 0. The molecule has 0 spiro atoms. The van der Waals surface area contributed by atoms with Gasteiger partial charge in [0.1, 0.15) is 0 Å². The summed E-state index contributed by atoms with van der Waals surface area (Å²) in [7, 11) is -3.23. The molecule has 0 amide bonds. The van der Waals surface area contributed by atoms with Crippen LogP contribution in [0.25, 0.3) is 0 Å². The highest BCUT2D eigenvalue weighted by atomic mass is 32.2. The molecular formula is C14H23NO2S. The Labute approximate surface area is 111 Å². The van der Waals surface area contributed by atoms with Crippen molar-refractivity contribution in [2.24, 2.45) is 5.73 Å². The maximum atomic E-state index is 12.0. The van der Waals surface area contributed by atoms with Gasteiger partial charge in [0.15, 0.2) is 9.84 Å². The molecular weight excluding hydrogens is 246 g/mol. The van der Waals surface area contributed by atoms with Crippen LogP contribution in [0.4, 0.5) is 0 Å². The maximum Gasteiger partial charge on any atom is 0.178 e. The lowest BCUT2D eigenvalue weighted by Gasteiger charge is -2.05. The quantitative estimate of drug-likeness (QED) is 0.689. The highest BCUT2D eigenvalue weighted by Gasteiger charge is 2.14. The van der Waals surface area contributed by atoms with Gasteiger partial charge in [0, 0.05) is 6.54 Å². The Balaban J connectivity index is 5.18. The lowest BCUT2D eigenvalue weighted by molar-refractivity contribution is 0.599. The number of hydrogen-bond acceptors (Lipinski definition) is 3. The van der Waals surface area contributed by atoms with Gasteiger partial charge in [-0.25, -0.2) is 8.42 Å². The molecule has 0 radical (unpaired) electrons. The first kappa shape index (κ1) is 16.9. The Morgan fingerprint density at radius 1 is 1.39 bits per heavy atom. The molecule has 0 aromatic heterocycles. The van der Waals surface area contributed by atoms with Crippen LogP contribution in [0, 0.1) is 0 Å². The van der Waals surface area contributed by atoms with Crippen LogP contribution >= 0.6 is 0 Å². The van der Waals surface area contributed by atoms with Gasteiger partial charge in [-0.1, -0.05) is 44.2 Å². The van der Waals surface area contributed by atoms with E-state index in [2.05, 4.69) is 6.58 Å². The molecule has 0 fully saturated rings. The molecule has 0 aliphatic carbocycles. The average molecular weight is 269 g/mol. The van der Waals surface area contributed by atoms with E-state index in [4.69, 9.17) is 5.73 Å². The number of unbranched alkanes of at least 4 members (excludes halogenated alkanes) is 1. The summed E-state index contributed by atoms with van der Waals surface area (Å²) in [5.41, 5.74) is 6.19. The van der Waals surface area contributed by atoms with E-state index >= 15 is 0 Å². The third-order valence-electron chi connectivity index (χ3n) is 2.42. The van der Waals surface area contributed by atoms with Crippen molar-refractivity contribution in [1.82, 2.24) is 0 Å². The van der Waals surface area contributed by atoms with Gasteiger partial charge in [-0.2, -0.15) is 0 Å². The van der Waals surface area contributed by atoms with Crippen molar-refractivity contribution in [3.05, 3.63) is 47.4 Å². The van der Waals surface area contributed by atoms with Crippen LogP contribution in [0.15, 0.2) is 47.4 Å². The summed E-state index contributed by atoms with van der Waals surface area (Å²) in [6.07, 6.45) is 9.97. The Kier molecular flexibility index (Phi) is 8.33. The number of rotatable bonds is 8. The molecule has 0 rings (SSSR count). The Morgan fingerprint density at radius 2 is 2.06 bits per heavy atom. The van der Waals surface area contributed by atoms with E-state index < -0.39 is 9.84 Å². The zero-order valence-electron chi connectivity index (χ0n) is 11.2. The fraction of sp³-hybridized carbons (Fsp3) is 0.429. The van der Waals surface area contributed by atoms with Crippen LogP contribution in [-0.2, 0) is 9.84 Å². The van der Waals surface area contributed by atoms with Crippen molar-refractivity contribution in [3.63, 3.8) is 0 Å². The zero-order valence-corrected chi connectivity index (χ0v) is 12.0. The van der Waals surface area contributed by atoms with Gasteiger partial charge in [0.05, 0.1) is 10.7 Å². The van der Waals surface area contributed by atoms with Crippen molar-refractivity contribution in [1.29, 1.82) is 0 Å². The van der Waals surface area contributed by atoms with Crippen LogP contribution in [0.1, 0.15) is 26.7 Å². The Bertz CT molecular complexity index is 442. The van der Waals surface area contributed by atoms with Crippen molar-refractivity contribution >= 4 is 9.84 Å². The minimum atomic E-state index is -3.23. The van der Waals surface area contributed by atoms with Gasteiger partial charge in [0.25, 0.3) is 0 Å². The second-order valence-electron chi connectivity index (χ2n) is 3.85. The molecule has 0 unspecified atom stereocenters. The number of hydrogen-bond donors (Lipinski definition) is 1. The third-order valence-corrected chi connectivity index (χ3v) is 4.24. The van der Waals surface area contributed by atoms with E-state index in [9.17, 15) is 8.42 Å². The molecule has 0 aliphatic heterocycles. The van der Waals surface area contributed by atoms with Gasteiger partial charge in [-0.05, 0) is 25.0 Å². The first-order chi connectivity index (χ1) is 8.51. The maximum absolute atomic E-state index is 12.0. The van der Waals surface area contributed by atoms with Crippen LogP contribution in [0.3, 0.4) is 0 Å². The van der Waals surface area contributed by atoms with Crippen LogP contribution in [-0.4, -0.2) is 20.7 Å². The number of nitrogens with two attached hydrogens (primary N) is 1. The monoisotopic (exact) mass is 269 g/mol. The SMILES string of the molecule is C=CC(=CC(C=CCN)=CC)S(=O)(=O)CCCC. The smallest absolute Gasteiger partial charge is 0.178 e. The summed E-state index contributed by atoms with van der Waals surface area (Å²) in [5.74, 6) is 0.166. The first-order valence-corrected chi connectivity index (χ1v) is 7.76. The molecule has 102 valence electrons.